The molecule has 0 aromatic heterocycles. The summed E-state index contributed by atoms with van der Waals surface area (Å²) >= 11 is 0. The monoisotopic (exact) mass is 841 g/mol. The van der Waals surface area contributed by atoms with Gasteiger partial charge < -0.3 is 70.4 Å². The number of rotatable bonds is 27. The molecule has 17 N–H and O–H groups in total. The number of nitrogens with zero attached hydrogens (tertiary/aromatic N) is 2. The van der Waals surface area contributed by atoms with E-state index in [4.69, 9.17) is 28.7 Å². The summed E-state index contributed by atoms with van der Waals surface area (Å²) in [6.07, 6.45) is 0.647. The predicted octanol–water partition coefficient (Wildman–Crippen LogP) is -3.66. The first-order valence-corrected chi connectivity index (χ1v) is 20.2. The number of hydrogen-bond acceptors (Lipinski definition) is 12. The van der Waals surface area contributed by atoms with Crippen LogP contribution in [0.3, 0.4) is 0 Å². The van der Waals surface area contributed by atoms with Gasteiger partial charge in [0, 0.05) is 19.5 Å². The quantitative estimate of drug-likeness (QED) is 0.0216. The summed E-state index contributed by atoms with van der Waals surface area (Å²) in [5.74, 6) is -7.70. The summed E-state index contributed by atoms with van der Waals surface area (Å²) in [7, 11) is 0. The third-order valence-corrected chi connectivity index (χ3v) is 10.1. The van der Waals surface area contributed by atoms with E-state index >= 15 is 0 Å². The minimum Gasteiger partial charge on any atom is -0.480 e. The zero-order valence-corrected chi connectivity index (χ0v) is 34.9. The van der Waals surface area contributed by atoms with E-state index in [1.54, 1.807) is 27.7 Å². The average Bonchev–Trinajstić information content (AvgIpc) is 3.66. The Morgan fingerprint density at radius 2 is 1.36 bits per heavy atom. The number of primary amides is 1. The molecule has 0 radical (unpaired) electrons. The van der Waals surface area contributed by atoms with Crippen LogP contribution in [-0.4, -0.2) is 136 Å². The van der Waals surface area contributed by atoms with Crippen LogP contribution < -0.4 is 55.3 Å². The number of aliphatic hydroxyl groups is 1. The molecule has 9 unspecified atom stereocenters. The maximum Gasteiger partial charge on any atom is 0.326 e. The Balaban J connectivity index is 3.27. The molecule has 0 aromatic rings. The van der Waals surface area contributed by atoms with Gasteiger partial charge in [-0.05, 0) is 76.7 Å². The summed E-state index contributed by atoms with van der Waals surface area (Å²) in [6, 6.07) is -8.68. The van der Waals surface area contributed by atoms with Gasteiger partial charge in [-0.3, -0.25) is 38.6 Å². The predicted molar refractivity (Wildman–Crippen MR) is 217 cm³/mol. The maximum absolute atomic E-state index is 13.9. The molecule has 1 aliphatic heterocycles. The minimum atomic E-state index is -1.44. The number of carbonyl (C=O) groups excluding carboxylic acids is 7. The Hall–Kier alpha value is -5.09. The first kappa shape index (κ1) is 51.9. The number of aliphatic carboxylic acids is 1. The Kier molecular flexibility index (Phi) is 23.0. The largest absolute Gasteiger partial charge is 0.480 e. The molecule has 22 nitrogen and oxygen atoms in total. The highest BCUT2D eigenvalue weighted by atomic mass is 16.4. The highest BCUT2D eigenvalue weighted by Gasteiger charge is 2.41. The minimum absolute atomic E-state index is 0.104. The second-order valence-corrected chi connectivity index (χ2v) is 15.3. The van der Waals surface area contributed by atoms with Gasteiger partial charge in [0.1, 0.15) is 36.3 Å². The molecule has 1 saturated heterocycles. The molecule has 1 aliphatic rings. The third kappa shape index (κ3) is 17.7. The third-order valence-electron chi connectivity index (χ3n) is 10.1. The van der Waals surface area contributed by atoms with E-state index in [0.717, 1.165) is 0 Å². The van der Waals surface area contributed by atoms with E-state index in [2.05, 4.69) is 31.6 Å². The van der Waals surface area contributed by atoms with Gasteiger partial charge in [0.15, 0.2) is 5.96 Å². The number of unbranched alkanes of at least 4 members (excludes halogenated alkanes) is 1. The molecule has 9 atom stereocenters. The van der Waals surface area contributed by atoms with Crippen molar-refractivity contribution >= 4 is 53.3 Å². The Labute approximate surface area is 345 Å². The molecular weight excluding hydrogens is 772 g/mol. The zero-order valence-electron chi connectivity index (χ0n) is 34.9. The summed E-state index contributed by atoms with van der Waals surface area (Å²) in [4.78, 5) is 110. The van der Waals surface area contributed by atoms with E-state index in [9.17, 15) is 48.6 Å². The first-order chi connectivity index (χ1) is 27.7. The molecule has 7 amide bonds. The van der Waals surface area contributed by atoms with Gasteiger partial charge in [0.05, 0.1) is 12.1 Å². The van der Waals surface area contributed by atoms with E-state index in [0.29, 0.717) is 38.6 Å². The number of guanidine groups is 1. The van der Waals surface area contributed by atoms with Crippen molar-refractivity contribution in [2.45, 2.75) is 147 Å². The smallest absolute Gasteiger partial charge is 0.326 e. The van der Waals surface area contributed by atoms with Crippen molar-refractivity contribution in [3.63, 3.8) is 0 Å². The lowest BCUT2D eigenvalue weighted by atomic mass is 9.96. The van der Waals surface area contributed by atoms with Gasteiger partial charge in [-0.25, -0.2) is 4.79 Å². The first-order valence-electron chi connectivity index (χ1n) is 20.2. The summed E-state index contributed by atoms with van der Waals surface area (Å²) in [5, 5.41) is 32.9. The van der Waals surface area contributed by atoms with Crippen LogP contribution >= 0.6 is 0 Å². The molecule has 22 heteroatoms. The lowest BCUT2D eigenvalue weighted by Gasteiger charge is -2.32. The molecule has 1 fully saturated rings. The van der Waals surface area contributed by atoms with E-state index in [1.165, 1.54) is 11.8 Å². The number of amides is 7. The molecule has 0 aromatic carbocycles. The fourth-order valence-corrected chi connectivity index (χ4v) is 6.35. The number of likely N-dealkylation sites (tertiary alicyclic amines) is 1. The highest BCUT2D eigenvalue weighted by molar-refractivity contribution is 5.97. The standard InChI is InChI=1S/C37H68N12O10/c1-6-20(4)28(34(56)45-24(14-15-26(40)51)32(54)46-27(19(2)3)36(58)59)47-31(53)23(12-7-8-16-38)44-33(55)25-13-10-18-49(25)35(57)29(21(5)50)48-30(52)22(39)11-9-17-43-37(41)42/h19-25,27-29,50H,6-18,38-39H2,1-5H3,(H2,40,51)(H,44,55)(H,45,56)(H,46,54)(H,47,53)(H,48,52)(H,58,59)(H4,41,42,43). The van der Waals surface area contributed by atoms with Crippen LogP contribution in [-0.2, 0) is 38.4 Å². The molecule has 1 rings (SSSR count). The van der Waals surface area contributed by atoms with Gasteiger partial charge in [-0.1, -0.05) is 34.1 Å². The second-order valence-electron chi connectivity index (χ2n) is 15.3. The molecular formula is C37H68N12O10. The van der Waals surface area contributed by atoms with E-state index < -0.39 is 108 Å². The van der Waals surface area contributed by atoms with Crippen LogP contribution in [0.1, 0.15) is 98.8 Å². The number of nitrogens with two attached hydrogens (primary N) is 5. The van der Waals surface area contributed by atoms with Gasteiger partial charge >= 0.3 is 5.97 Å². The number of carboxylic acids is 1. The van der Waals surface area contributed by atoms with Crippen LogP contribution in [0.5, 0.6) is 0 Å². The van der Waals surface area contributed by atoms with Gasteiger partial charge in [-0.2, -0.15) is 0 Å². The highest BCUT2D eigenvalue weighted by Crippen LogP contribution is 2.21. The summed E-state index contributed by atoms with van der Waals surface area (Å²) in [6.45, 7) is 8.58. The molecule has 0 aliphatic carbocycles. The molecule has 336 valence electrons. The summed E-state index contributed by atoms with van der Waals surface area (Å²) < 4.78 is 0. The van der Waals surface area contributed by atoms with Crippen LogP contribution in [0.15, 0.2) is 4.99 Å². The van der Waals surface area contributed by atoms with Crippen molar-refractivity contribution in [1.29, 1.82) is 0 Å². The number of nitrogens with one attached hydrogen (secondary N) is 5. The number of carbonyl (C=O) groups is 8. The lowest BCUT2D eigenvalue weighted by molar-refractivity contribution is -0.144. The van der Waals surface area contributed by atoms with Gasteiger partial charge in [-0.15, -0.1) is 0 Å². The zero-order chi connectivity index (χ0) is 45.0. The number of carboxylic acid groups (broad SMARTS) is 1. The Morgan fingerprint density at radius 1 is 0.763 bits per heavy atom. The molecule has 59 heavy (non-hydrogen) atoms. The van der Waals surface area contributed by atoms with Crippen LogP contribution in [0, 0.1) is 11.8 Å². The fourth-order valence-electron chi connectivity index (χ4n) is 6.35. The number of aliphatic hydroxyl groups excluding tert-OH is 1. The van der Waals surface area contributed by atoms with Crippen LogP contribution in [0.25, 0.3) is 0 Å². The van der Waals surface area contributed by atoms with Crippen molar-refractivity contribution in [3.8, 4) is 0 Å². The number of aliphatic imine (C=N–C) groups is 1. The molecule has 0 bridgehead atoms. The van der Waals surface area contributed by atoms with E-state index in [-0.39, 0.29) is 51.2 Å². The Morgan fingerprint density at radius 3 is 1.88 bits per heavy atom. The summed E-state index contributed by atoms with van der Waals surface area (Å²) in [5.41, 5.74) is 27.6. The maximum atomic E-state index is 13.9. The van der Waals surface area contributed by atoms with Crippen LogP contribution in [0.2, 0.25) is 0 Å². The van der Waals surface area contributed by atoms with Crippen molar-refractivity contribution < 1.29 is 48.6 Å². The molecule has 0 spiro atoms. The van der Waals surface area contributed by atoms with Gasteiger partial charge in [0.25, 0.3) is 0 Å². The molecule has 1 heterocycles. The fraction of sp³-hybridized carbons (Fsp3) is 0.757. The molecule has 0 saturated carbocycles. The van der Waals surface area contributed by atoms with Gasteiger partial charge in [0.2, 0.25) is 41.4 Å². The van der Waals surface area contributed by atoms with Crippen molar-refractivity contribution in [1.82, 2.24) is 31.5 Å². The second kappa shape index (κ2) is 26.1. The van der Waals surface area contributed by atoms with Crippen LogP contribution in [0.4, 0.5) is 0 Å². The Bertz CT molecular complexity index is 1470. The SMILES string of the molecule is CCC(C)C(NC(=O)C(CCCCN)NC(=O)C1CCCN1C(=O)C(NC(=O)C(N)CCCN=C(N)N)C(C)O)C(=O)NC(CCC(N)=O)C(=O)NC(C(=O)O)C(C)C. The van der Waals surface area contributed by atoms with Crippen molar-refractivity contribution in [2.75, 3.05) is 19.6 Å². The van der Waals surface area contributed by atoms with E-state index in [1.807, 2.05) is 0 Å². The van der Waals surface area contributed by atoms with Crippen molar-refractivity contribution in [3.05, 3.63) is 0 Å². The normalized spacial score (nSPS) is 17.8. The lowest BCUT2D eigenvalue weighted by Crippen LogP contribution is -2.61. The number of hydrogen-bond donors (Lipinski definition) is 12. The average molecular weight is 841 g/mol. The van der Waals surface area contributed by atoms with Crippen molar-refractivity contribution in [2.24, 2.45) is 45.5 Å². The topological polar surface area (TPSA) is 383 Å².